The van der Waals surface area contributed by atoms with Crippen LogP contribution in [0.25, 0.3) is 0 Å². The van der Waals surface area contributed by atoms with Crippen LogP contribution in [0.5, 0.6) is 5.75 Å². The summed E-state index contributed by atoms with van der Waals surface area (Å²) < 4.78 is 5.64. The van der Waals surface area contributed by atoms with Crippen molar-refractivity contribution in [3.8, 4) is 5.75 Å². The van der Waals surface area contributed by atoms with Crippen LogP contribution in [0.2, 0.25) is 5.02 Å². The highest BCUT2D eigenvalue weighted by Crippen LogP contribution is 2.27. The Hall–Kier alpha value is -0.770. The van der Waals surface area contributed by atoms with Gasteiger partial charge in [-0.2, -0.15) is 0 Å². The van der Waals surface area contributed by atoms with Gasteiger partial charge in [0.25, 0.3) is 0 Å². The Bertz CT molecular complexity index is 419. The molecule has 0 aliphatic heterocycles. The van der Waals surface area contributed by atoms with Gasteiger partial charge in [-0.25, -0.2) is 0 Å². The van der Waals surface area contributed by atoms with Crippen molar-refractivity contribution in [3.05, 3.63) is 28.8 Å². The summed E-state index contributed by atoms with van der Waals surface area (Å²) in [5.41, 5.74) is 0.274. The number of hydrogen-bond donors (Lipinski definition) is 2. The van der Waals surface area contributed by atoms with E-state index in [1.54, 1.807) is 6.92 Å². The molecule has 0 saturated carbocycles. The fourth-order valence-electron chi connectivity index (χ4n) is 1.57. The maximum atomic E-state index is 10.2. The number of aliphatic hydroxyl groups is 1. The highest BCUT2D eigenvalue weighted by molar-refractivity contribution is 6.32. The van der Waals surface area contributed by atoms with E-state index in [0.717, 1.165) is 25.1 Å². The molecule has 20 heavy (non-hydrogen) atoms. The van der Waals surface area contributed by atoms with Gasteiger partial charge in [0.15, 0.2) is 0 Å². The first-order chi connectivity index (χ1) is 9.36. The minimum Gasteiger partial charge on any atom is -0.489 e. The van der Waals surface area contributed by atoms with Crippen LogP contribution in [0.1, 0.15) is 39.7 Å². The fraction of sp³-hybridized carbons (Fsp3) is 0.625. The van der Waals surface area contributed by atoms with Gasteiger partial charge < -0.3 is 15.2 Å². The van der Waals surface area contributed by atoms with Gasteiger partial charge in [-0.3, -0.25) is 0 Å². The summed E-state index contributed by atoms with van der Waals surface area (Å²) in [7, 11) is 0. The molecule has 0 aromatic heterocycles. The second-order valence-electron chi connectivity index (χ2n) is 5.74. The molecule has 1 unspecified atom stereocenters. The lowest BCUT2D eigenvalue weighted by molar-refractivity contribution is -0.0266. The SMILES string of the molecule is CCCNCc1ccc(OCC(C)(O)C(C)C)c(Cl)c1. The van der Waals surface area contributed by atoms with E-state index in [1.165, 1.54) is 0 Å². The maximum absolute atomic E-state index is 10.2. The van der Waals surface area contributed by atoms with Gasteiger partial charge in [0.2, 0.25) is 0 Å². The molecule has 3 nitrogen and oxygen atoms in total. The molecule has 1 rings (SSSR count). The predicted molar refractivity (Wildman–Crippen MR) is 84.4 cm³/mol. The maximum Gasteiger partial charge on any atom is 0.138 e. The Morgan fingerprint density at radius 2 is 2.10 bits per heavy atom. The van der Waals surface area contributed by atoms with Gasteiger partial charge in [-0.1, -0.05) is 38.4 Å². The molecule has 0 spiro atoms. The van der Waals surface area contributed by atoms with Crippen LogP contribution in [0.3, 0.4) is 0 Å². The number of rotatable bonds is 8. The summed E-state index contributed by atoms with van der Waals surface area (Å²) in [6, 6.07) is 5.76. The summed E-state index contributed by atoms with van der Waals surface area (Å²) >= 11 is 6.22. The molecule has 1 aromatic rings. The highest BCUT2D eigenvalue weighted by atomic mass is 35.5. The Kier molecular flexibility index (Phi) is 6.80. The molecule has 0 saturated heterocycles. The first-order valence-corrected chi connectivity index (χ1v) is 7.59. The molecule has 0 radical (unpaired) electrons. The van der Waals surface area contributed by atoms with Crippen LogP contribution in [-0.4, -0.2) is 23.9 Å². The second-order valence-corrected chi connectivity index (χ2v) is 6.15. The van der Waals surface area contributed by atoms with E-state index in [-0.39, 0.29) is 12.5 Å². The van der Waals surface area contributed by atoms with Crippen LogP contribution in [0.15, 0.2) is 18.2 Å². The third-order valence-electron chi connectivity index (χ3n) is 3.52. The van der Waals surface area contributed by atoms with Crippen molar-refractivity contribution in [2.75, 3.05) is 13.2 Å². The fourth-order valence-corrected chi connectivity index (χ4v) is 1.83. The Balaban J connectivity index is 2.60. The number of hydrogen-bond acceptors (Lipinski definition) is 3. The van der Waals surface area contributed by atoms with Crippen molar-refractivity contribution in [1.29, 1.82) is 0 Å². The molecule has 0 amide bonds. The standard InChI is InChI=1S/C16H26ClNO2/c1-5-8-18-10-13-6-7-15(14(17)9-13)20-11-16(4,19)12(2)3/h6-7,9,12,18-19H,5,8,10-11H2,1-4H3. The molecule has 4 heteroatoms. The van der Waals surface area contributed by atoms with E-state index in [4.69, 9.17) is 16.3 Å². The number of halogens is 1. The molecule has 0 bridgehead atoms. The van der Waals surface area contributed by atoms with Crippen LogP contribution in [0.4, 0.5) is 0 Å². The van der Waals surface area contributed by atoms with Crippen molar-refractivity contribution >= 4 is 11.6 Å². The van der Waals surface area contributed by atoms with E-state index < -0.39 is 5.60 Å². The number of ether oxygens (including phenoxy) is 1. The lowest BCUT2D eigenvalue weighted by atomic mass is 9.94. The zero-order chi connectivity index (χ0) is 15.2. The molecule has 0 heterocycles. The zero-order valence-electron chi connectivity index (χ0n) is 12.9. The van der Waals surface area contributed by atoms with Crippen molar-refractivity contribution in [2.24, 2.45) is 5.92 Å². The van der Waals surface area contributed by atoms with Crippen molar-refractivity contribution < 1.29 is 9.84 Å². The van der Waals surface area contributed by atoms with Gasteiger partial charge >= 0.3 is 0 Å². The predicted octanol–water partition coefficient (Wildman–Crippen LogP) is 3.63. The monoisotopic (exact) mass is 299 g/mol. The van der Waals surface area contributed by atoms with E-state index in [9.17, 15) is 5.11 Å². The van der Waals surface area contributed by atoms with Crippen LogP contribution in [-0.2, 0) is 6.54 Å². The summed E-state index contributed by atoms with van der Waals surface area (Å²) in [4.78, 5) is 0. The largest absolute Gasteiger partial charge is 0.489 e. The second kappa shape index (κ2) is 7.87. The normalized spacial score (nSPS) is 14.3. The molecular weight excluding hydrogens is 274 g/mol. The smallest absolute Gasteiger partial charge is 0.138 e. The summed E-state index contributed by atoms with van der Waals surface area (Å²) in [5, 5.41) is 14.1. The minimum absolute atomic E-state index is 0.124. The van der Waals surface area contributed by atoms with Crippen LogP contribution < -0.4 is 10.1 Å². The minimum atomic E-state index is -0.856. The van der Waals surface area contributed by atoms with E-state index in [1.807, 2.05) is 32.0 Å². The van der Waals surface area contributed by atoms with Crippen molar-refractivity contribution in [2.45, 2.75) is 46.3 Å². The average molecular weight is 300 g/mol. The summed E-state index contributed by atoms with van der Waals surface area (Å²) in [6.07, 6.45) is 1.11. The summed E-state index contributed by atoms with van der Waals surface area (Å²) in [5.74, 6) is 0.741. The van der Waals surface area contributed by atoms with E-state index in [2.05, 4.69) is 12.2 Å². The summed E-state index contributed by atoms with van der Waals surface area (Å²) in [6.45, 7) is 9.87. The highest BCUT2D eigenvalue weighted by Gasteiger charge is 2.26. The van der Waals surface area contributed by atoms with Gasteiger partial charge in [-0.05, 0) is 43.5 Å². The third kappa shape index (κ3) is 5.31. The first kappa shape index (κ1) is 17.3. The Morgan fingerprint density at radius 1 is 1.40 bits per heavy atom. The molecular formula is C16H26ClNO2. The number of nitrogens with one attached hydrogen (secondary N) is 1. The third-order valence-corrected chi connectivity index (χ3v) is 3.81. The Morgan fingerprint density at radius 3 is 2.65 bits per heavy atom. The van der Waals surface area contributed by atoms with Gasteiger partial charge in [0.1, 0.15) is 12.4 Å². The zero-order valence-corrected chi connectivity index (χ0v) is 13.6. The van der Waals surface area contributed by atoms with Gasteiger partial charge in [-0.15, -0.1) is 0 Å². The average Bonchev–Trinajstić information content (AvgIpc) is 2.38. The molecule has 2 N–H and O–H groups in total. The first-order valence-electron chi connectivity index (χ1n) is 7.21. The quantitative estimate of drug-likeness (QED) is 0.720. The van der Waals surface area contributed by atoms with Crippen LogP contribution in [0, 0.1) is 5.92 Å². The molecule has 0 fully saturated rings. The lowest BCUT2D eigenvalue weighted by Gasteiger charge is -2.27. The molecule has 1 atom stereocenters. The Labute approximate surface area is 127 Å². The van der Waals surface area contributed by atoms with Crippen LogP contribution >= 0.6 is 11.6 Å². The van der Waals surface area contributed by atoms with Gasteiger partial charge in [0, 0.05) is 6.54 Å². The molecule has 0 aliphatic rings. The molecule has 1 aromatic carbocycles. The number of benzene rings is 1. The van der Waals surface area contributed by atoms with Gasteiger partial charge in [0.05, 0.1) is 10.6 Å². The topological polar surface area (TPSA) is 41.5 Å². The van der Waals surface area contributed by atoms with Crippen molar-refractivity contribution in [1.82, 2.24) is 5.32 Å². The van der Waals surface area contributed by atoms with Crippen molar-refractivity contribution in [3.63, 3.8) is 0 Å². The lowest BCUT2D eigenvalue weighted by Crippen LogP contribution is -2.37. The molecule has 0 aliphatic carbocycles. The van der Waals surface area contributed by atoms with E-state index >= 15 is 0 Å². The molecule has 114 valence electrons. The van der Waals surface area contributed by atoms with E-state index in [0.29, 0.717) is 10.8 Å².